The van der Waals surface area contributed by atoms with Crippen molar-refractivity contribution in [2.24, 2.45) is 0 Å². The third-order valence-corrected chi connectivity index (χ3v) is 4.53. The molecule has 0 aliphatic heterocycles. The zero-order valence-corrected chi connectivity index (χ0v) is 13.9. The number of hydrogen-bond donors (Lipinski definition) is 1. The Morgan fingerprint density at radius 2 is 2.16 bits per heavy atom. The minimum atomic E-state index is 0.953. The third kappa shape index (κ3) is 4.16. The molecule has 0 atom stereocenters. The van der Waals surface area contributed by atoms with Gasteiger partial charge in [-0.1, -0.05) is 41.1 Å². The number of aromatic nitrogens is 1. The Morgan fingerprint density at radius 3 is 2.89 bits per heavy atom. The highest BCUT2D eigenvalue weighted by molar-refractivity contribution is 9.10. The summed E-state index contributed by atoms with van der Waals surface area (Å²) in [5.41, 5.74) is 1.06. The second kappa shape index (κ2) is 7.22. The Labute approximate surface area is 127 Å². The topological polar surface area (TPSA) is 28.2 Å². The first kappa shape index (κ1) is 14.8. The Morgan fingerprint density at radius 1 is 1.32 bits per heavy atom. The van der Waals surface area contributed by atoms with Crippen LogP contribution in [-0.4, -0.2) is 36.1 Å². The van der Waals surface area contributed by atoms with Crippen molar-refractivity contribution in [2.45, 2.75) is 20.3 Å². The monoisotopic (exact) mass is 341 g/mol. The van der Waals surface area contributed by atoms with Gasteiger partial charge in [0.25, 0.3) is 0 Å². The van der Waals surface area contributed by atoms with E-state index in [1.165, 1.54) is 17.7 Å². The molecule has 1 aromatic heterocycles. The number of thiazole rings is 1. The predicted molar refractivity (Wildman–Crippen MR) is 88.2 cm³/mol. The first-order valence-corrected chi connectivity index (χ1v) is 8.36. The highest BCUT2D eigenvalue weighted by atomic mass is 79.9. The van der Waals surface area contributed by atoms with Crippen LogP contribution in [0.5, 0.6) is 0 Å². The summed E-state index contributed by atoms with van der Waals surface area (Å²) in [6.07, 6.45) is 1.21. The molecule has 5 heteroatoms. The molecule has 0 saturated heterocycles. The number of fused-ring (bicyclic) bond motifs is 1. The van der Waals surface area contributed by atoms with E-state index < -0.39 is 0 Å². The summed E-state index contributed by atoms with van der Waals surface area (Å²) in [6, 6.07) is 6.23. The van der Waals surface area contributed by atoms with Gasteiger partial charge in [0.05, 0.1) is 10.2 Å². The van der Waals surface area contributed by atoms with Gasteiger partial charge in [-0.15, -0.1) is 0 Å². The van der Waals surface area contributed by atoms with Crippen molar-refractivity contribution in [1.29, 1.82) is 0 Å². The van der Waals surface area contributed by atoms with Gasteiger partial charge in [-0.3, -0.25) is 0 Å². The van der Waals surface area contributed by atoms with Gasteiger partial charge in [0, 0.05) is 17.6 Å². The molecular formula is C14H20BrN3S. The van der Waals surface area contributed by atoms with Crippen LogP contribution in [-0.2, 0) is 0 Å². The molecule has 0 aliphatic carbocycles. The Bertz CT molecular complexity index is 526. The number of nitrogens with zero attached hydrogens (tertiary/aromatic N) is 2. The van der Waals surface area contributed by atoms with Crippen molar-refractivity contribution in [2.75, 3.05) is 31.5 Å². The lowest BCUT2D eigenvalue weighted by Crippen LogP contribution is -2.29. The molecule has 3 nitrogen and oxygen atoms in total. The number of anilines is 1. The van der Waals surface area contributed by atoms with E-state index in [0.29, 0.717) is 0 Å². The number of hydrogen-bond acceptors (Lipinski definition) is 4. The van der Waals surface area contributed by atoms with Crippen LogP contribution in [0.25, 0.3) is 10.2 Å². The Kier molecular flexibility index (Phi) is 5.60. The van der Waals surface area contributed by atoms with Gasteiger partial charge in [-0.2, -0.15) is 0 Å². The molecule has 1 heterocycles. The normalized spacial score (nSPS) is 11.4. The standard InChI is InChI=1S/C14H20BrN3S/c1-3-8-18(4-2)9-7-16-14-17-12-10-11(15)5-6-13(12)19-14/h5-6,10H,3-4,7-9H2,1-2H3,(H,16,17). The number of benzene rings is 1. The molecule has 104 valence electrons. The molecule has 0 saturated carbocycles. The smallest absolute Gasteiger partial charge is 0.183 e. The van der Waals surface area contributed by atoms with E-state index in [2.05, 4.69) is 63.2 Å². The minimum Gasteiger partial charge on any atom is -0.360 e. The molecule has 0 spiro atoms. The second-order valence-electron chi connectivity index (χ2n) is 4.49. The van der Waals surface area contributed by atoms with E-state index in [4.69, 9.17) is 0 Å². The van der Waals surface area contributed by atoms with Gasteiger partial charge < -0.3 is 10.2 Å². The summed E-state index contributed by atoms with van der Waals surface area (Å²) < 4.78 is 2.31. The van der Waals surface area contributed by atoms with Crippen molar-refractivity contribution >= 4 is 42.6 Å². The number of halogens is 1. The lowest BCUT2D eigenvalue weighted by molar-refractivity contribution is 0.300. The van der Waals surface area contributed by atoms with Gasteiger partial charge in [-0.25, -0.2) is 4.98 Å². The fourth-order valence-corrected chi connectivity index (χ4v) is 3.26. The molecular weight excluding hydrogens is 322 g/mol. The maximum absolute atomic E-state index is 4.60. The van der Waals surface area contributed by atoms with Crippen molar-refractivity contribution in [3.8, 4) is 0 Å². The number of rotatable bonds is 7. The van der Waals surface area contributed by atoms with Gasteiger partial charge in [0.15, 0.2) is 5.13 Å². The average Bonchev–Trinajstić information content (AvgIpc) is 2.79. The molecule has 0 bridgehead atoms. The van der Waals surface area contributed by atoms with Crippen molar-refractivity contribution in [1.82, 2.24) is 9.88 Å². The Balaban J connectivity index is 1.91. The largest absolute Gasteiger partial charge is 0.360 e. The zero-order valence-electron chi connectivity index (χ0n) is 11.4. The van der Waals surface area contributed by atoms with Gasteiger partial charge >= 0.3 is 0 Å². The summed E-state index contributed by atoms with van der Waals surface area (Å²) >= 11 is 5.19. The summed E-state index contributed by atoms with van der Waals surface area (Å²) in [4.78, 5) is 7.06. The van der Waals surface area contributed by atoms with E-state index >= 15 is 0 Å². The lowest BCUT2D eigenvalue weighted by atomic mass is 10.3. The molecule has 19 heavy (non-hydrogen) atoms. The summed E-state index contributed by atoms with van der Waals surface area (Å²) in [7, 11) is 0. The second-order valence-corrected chi connectivity index (χ2v) is 6.44. The molecule has 0 aliphatic rings. The lowest BCUT2D eigenvalue weighted by Gasteiger charge is -2.19. The first-order valence-electron chi connectivity index (χ1n) is 6.75. The maximum atomic E-state index is 4.60. The number of nitrogens with one attached hydrogen (secondary N) is 1. The van der Waals surface area contributed by atoms with Gasteiger partial charge in [0.1, 0.15) is 0 Å². The van der Waals surface area contributed by atoms with Crippen molar-refractivity contribution in [3.63, 3.8) is 0 Å². The minimum absolute atomic E-state index is 0.953. The molecule has 2 rings (SSSR count). The Hall–Kier alpha value is -0.650. The van der Waals surface area contributed by atoms with Crippen LogP contribution in [0.1, 0.15) is 20.3 Å². The fraction of sp³-hybridized carbons (Fsp3) is 0.500. The SMILES string of the molecule is CCCN(CC)CCNc1nc2cc(Br)ccc2s1. The first-order chi connectivity index (χ1) is 9.22. The van der Waals surface area contributed by atoms with Crippen LogP contribution < -0.4 is 5.32 Å². The third-order valence-electron chi connectivity index (χ3n) is 3.04. The zero-order chi connectivity index (χ0) is 13.7. The number of likely N-dealkylation sites (N-methyl/N-ethyl adjacent to an activating group) is 1. The van der Waals surface area contributed by atoms with E-state index in [0.717, 1.165) is 34.8 Å². The maximum Gasteiger partial charge on any atom is 0.183 e. The molecule has 1 aromatic carbocycles. The summed E-state index contributed by atoms with van der Waals surface area (Å²) in [5.74, 6) is 0. The predicted octanol–water partition coefficient (Wildman–Crippen LogP) is 4.20. The van der Waals surface area contributed by atoms with E-state index in [1.807, 2.05) is 0 Å². The van der Waals surface area contributed by atoms with E-state index in [-0.39, 0.29) is 0 Å². The van der Waals surface area contributed by atoms with E-state index in [9.17, 15) is 0 Å². The fourth-order valence-electron chi connectivity index (χ4n) is 2.04. The van der Waals surface area contributed by atoms with Crippen molar-refractivity contribution < 1.29 is 0 Å². The van der Waals surface area contributed by atoms with E-state index in [1.54, 1.807) is 11.3 Å². The molecule has 2 aromatic rings. The van der Waals surface area contributed by atoms with Crippen LogP contribution in [0.3, 0.4) is 0 Å². The molecule has 0 radical (unpaired) electrons. The van der Waals surface area contributed by atoms with Gasteiger partial charge in [0.2, 0.25) is 0 Å². The van der Waals surface area contributed by atoms with Crippen LogP contribution in [0.4, 0.5) is 5.13 Å². The molecule has 1 N–H and O–H groups in total. The summed E-state index contributed by atoms with van der Waals surface area (Å²) in [6.45, 7) is 8.75. The summed E-state index contributed by atoms with van der Waals surface area (Å²) in [5, 5.41) is 4.44. The van der Waals surface area contributed by atoms with Crippen LogP contribution in [0.2, 0.25) is 0 Å². The van der Waals surface area contributed by atoms with Crippen LogP contribution in [0, 0.1) is 0 Å². The molecule has 0 fully saturated rings. The average molecular weight is 342 g/mol. The van der Waals surface area contributed by atoms with Crippen LogP contribution in [0.15, 0.2) is 22.7 Å². The highest BCUT2D eigenvalue weighted by Crippen LogP contribution is 2.27. The van der Waals surface area contributed by atoms with Gasteiger partial charge in [-0.05, 0) is 37.7 Å². The molecule has 0 amide bonds. The van der Waals surface area contributed by atoms with Crippen molar-refractivity contribution in [3.05, 3.63) is 22.7 Å². The highest BCUT2D eigenvalue weighted by Gasteiger charge is 2.05. The van der Waals surface area contributed by atoms with Crippen LogP contribution >= 0.6 is 27.3 Å². The quantitative estimate of drug-likeness (QED) is 0.817. The molecule has 0 unspecified atom stereocenters.